The van der Waals surface area contributed by atoms with Crippen molar-refractivity contribution in [2.24, 2.45) is 5.92 Å². The predicted molar refractivity (Wildman–Crippen MR) is 141 cm³/mol. The highest BCUT2D eigenvalue weighted by molar-refractivity contribution is 7.89. The third-order valence-electron chi connectivity index (χ3n) is 6.62. The Morgan fingerprint density at radius 1 is 1.08 bits per heavy atom. The van der Waals surface area contributed by atoms with Crippen molar-refractivity contribution in [2.75, 3.05) is 13.1 Å². The zero-order valence-electron chi connectivity index (χ0n) is 21.2. The van der Waals surface area contributed by atoms with Crippen LogP contribution >= 0.6 is 0 Å². The molecule has 0 spiro atoms. The van der Waals surface area contributed by atoms with Gasteiger partial charge in [-0.2, -0.15) is 4.31 Å². The number of carbonyl (C=O) groups excluding carboxylic acids is 1. The first kappa shape index (κ1) is 25.9. The molecule has 190 valence electrons. The summed E-state index contributed by atoms with van der Waals surface area (Å²) in [6.45, 7) is 8.56. The van der Waals surface area contributed by atoms with Crippen molar-refractivity contribution in [1.29, 1.82) is 0 Å². The highest BCUT2D eigenvalue weighted by atomic mass is 32.2. The van der Waals surface area contributed by atoms with Crippen LogP contribution in [0.1, 0.15) is 52.1 Å². The number of amides is 1. The van der Waals surface area contributed by atoms with Crippen LogP contribution in [0.4, 0.5) is 0 Å². The normalized spacial score (nSPS) is 16.9. The van der Waals surface area contributed by atoms with E-state index in [0.717, 1.165) is 27.8 Å². The quantitative estimate of drug-likeness (QED) is 0.496. The average Bonchev–Trinajstić information content (AvgIpc) is 3.25. The van der Waals surface area contributed by atoms with E-state index in [-0.39, 0.29) is 23.1 Å². The van der Waals surface area contributed by atoms with Gasteiger partial charge in [-0.05, 0) is 63.3 Å². The van der Waals surface area contributed by atoms with Crippen molar-refractivity contribution in [3.05, 3.63) is 81.7 Å². The van der Waals surface area contributed by atoms with Crippen LogP contribution in [0.3, 0.4) is 0 Å². The van der Waals surface area contributed by atoms with Crippen molar-refractivity contribution in [3.63, 3.8) is 0 Å². The number of rotatable bonds is 7. The van der Waals surface area contributed by atoms with Gasteiger partial charge in [-0.1, -0.05) is 64.8 Å². The molecule has 1 N–H and O–H groups in total. The minimum Gasteiger partial charge on any atom is -0.355 e. The molecular formula is C28H33N3O4S. The topological polar surface area (TPSA) is 92.5 Å². The Morgan fingerprint density at radius 3 is 2.56 bits per heavy atom. The number of carbonyl (C=O) groups is 1. The van der Waals surface area contributed by atoms with Crippen LogP contribution < -0.4 is 5.32 Å². The Bertz CT molecular complexity index is 1370. The average molecular weight is 508 g/mol. The van der Waals surface area contributed by atoms with Gasteiger partial charge in [0.1, 0.15) is 5.69 Å². The number of nitrogens with zero attached hydrogens (tertiary/aromatic N) is 2. The van der Waals surface area contributed by atoms with E-state index in [4.69, 9.17) is 4.52 Å². The molecule has 0 aliphatic carbocycles. The monoisotopic (exact) mass is 507 g/mol. The minimum atomic E-state index is -3.90. The molecule has 8 heteroatoms. The fourth-order valence-electron chi connectivity index (χ4n) is 4.45. The fourth-order valence-corrected chi connectivity index (χ4v) is 6.22. The number of benzene rings is 2. The fraction of sp³-hybridized carbons (Fsp3) is 0.357. The smallest absolute Gasteiger partial charge is 0.248 e. The molecule has 1 amide bonds. The zero-order valence-corrected chi connectivity index (χ0v) is 22.1. The van der Waals surface area contributed by atoms with Crippen LogP contribution in [0.2, 0.25) is 0 Å². The number of sulfonamides is 1. The first-order valence-electron chi connectivity index (χ1n) is 12.2. The van der Waals surface area contributed by atoms with Gasteiger partial charge >= 0.3 is 0 Å². The summed E-state index contributed by atoms with van der Waals surface area (Å²) in [5.74, 6) is -0.347. The van der Waals surface area contributed by atoms with Gasteiger partial charge in [0.15, 0.2) is 10.7 Å². The highest BCUT2D eigenvalue weighted by Gasteiger charge is 2.36. The third kappa shape index (κ3) is 5.77. The molecule has 1 aliphatic heterocycles. The Morgan fingerprint density at radius 2 is 1.81 bits per heavy atom. The van der Waals surface area contributed by atoms with E-state index >= 15 is 0 Å². The SMILES string of the molecule is Cc1ccc(CNC(=O)[C@H]2CCCN(S(=O)(=O)c3c(C)noc3/C=C/c3cc(C)ccc3C)C2)cc1. The number of aryl methyl sites for hydroxylation is 4. The molecule has 0 unspecified atom stereocenters. The van der Waals surface area contributed by atoms with Gasteiger partial charge in [-0.25, -0.2) is 8.42 Å². The van der Waals surface area contributed by atoms with Gasteiger partial charge in [0.05, 0.1) is 5.92 Å². The summed E-state index contributed by atoms with van der Waals surface area (Å²) in [4.78, 5) is 12.9. The number of hydrogen-bond donors (Lipinski definition) is 1. The van der Waals surface area contributed by atoms with Crippen molar-refractivity contribution in [3.8, 4) is 0 Å². The summed E-state index contributed by atoms with van der Waals surface area (Å²) in [6, 6.07) is 14.1. The molecule has 7 nitrogen and oxygen atoms in total. The Kier molecular flexibility index (Phi) is 7.76. The molecule has 1 fully saturated rings. The van der Waals surface area contributed by atoms with Crippen molar-refractivity contribution < 1.29 is 17.7 Å². The highest BCUT2D eigenvalue weighted by Crippen LogP contribution is 2.29. The molecule has 1 aromatic heterocycles. The molecule has 0 bridgehead atoms. The molecule has 3 aromatic rings. The molecule has 4 rings (SSSR count). The van der Waals surface area contributed by atoms with Crippen molar-refractivity contribution >= 4 is 28.1 Å². The predicted octanol–water partition coefficient (Wildman–Crippen LogP) is 4.80. The second-order valence-corrected chi connectivity index (χ2v) is 11.4. The lowest BCUT2D eigenvalue weighted by Gasteiger charge is -2.31. The molecule has 1 saturated heterocycles. The van der Waals surface area contributed by atoms with E-state index in [1.807, 2.05) is 69.3 Å². The molecule has 36 heavy (non-hydrogen) atoms. The lowest BCUT2D eigenvalue weighted by Crippen LogP contribution is -2.45. The lowest BCUT2D eigenvalue weighted by atomic mass is 9.98. The summed E-state index contributed by atoms with van der Waals surface area (Å²) in [7, 11) is -3.90. The number of hydrogen-bond acceptors (Lipinski definition) is 5. The van der Waals surface area contributed by atoms with Gasteiger partial charge in [0, 0.05) is 19.6 Å². The van der Waals surface area contributed by atoms with E-state index in [1.165, 1.54) is 4.31 Å². The van der Waals surface area contributed by atoms with E-state index in [9.17, 15) is 13.2 Å². The summed E-state index contributed by atoms with van der Waals surface area (Å²) >= 11 is 0. The van der Waals surface area contributed by atoms with Crippen LogP contribution in [0.15, 0.2) is 51.9 Å². The number of piperidine rings is 1. The van der Waals surface area contributed by atoms with Gasteiger partial charge in [0.25, 0.3) is 0 Å². The number of aromatic nitrogens is 1. The first-order valence-corrected chi connectivity index (χ1v) is 13.6. The molecule has 1 aliphatic rings. The van der Waals surface area contributed by atoms with Gasteiger partial charge in [0.2, 0.25) is 15.9 Å². The lowest BCUT2D eigenvalue weighted by molar-refractivity contribution is -0.126. The molecule has 2 heterocycles. The molecule has 0 saturated carbocycles. The maximum atomic E-state index is 13.7. The standard InChI is InChI=1S/C28H33N3O4S/c1-19-8-11-23(12-9-19)17-29-28(32)25-6-5-15-31(18-25)36(33,34)27-22(4)30-35-26(27)14-13-24-16-20(2)7-10-21(24)3/h7-14,16,25H,5-6,15,17-18H2,1-4H3,(H,29,32)/b14-13+/t25-/m0/s1. The van der Waals surface area contributed by atoms with E-state index in [1.54, 1.807) is 13.0 Å². The summed E-state index contributed by atoms with van der Waals surface area (Å²) in [5.41, 5.74) is 5.65. The maximum Gasteiger partial charge on any atom is 0.248 e. The van der Waals surface area contributed by atoms with Crippen molar-refractivity contribution in [1.82, 2.24) is 14.8 Å². The van der Waals surface area contributed by atoms with Crippen LogP contribution in [0.25, 0.3) is 12.2 Å². The second kappa shape index (κ2) is 10.8. The third-order valence-corrected chi connectivity index (χ3v) is 8.65. The number of nitrogens with one attached hydrogen (secondary N) is 1. The van der Waals surface area contributed by atoms with Gasteiger partial charge in [-0.3, -0.25) is 4.79 Å². The summed E-state index contributed by atoms with van der Waals surface area (Å²) in [6.07, 6.45) is 4.76. The van der Waals surface area contributed by atoms with Crippen LogP contribution in [0.5, 0.6) is 0 Å². The minimum absolute atomic E-state index is 0.0600. The van der Waals surface area contributed by atoms with Gasteiger partial charge < -0.3 is 9.84 Å². The summed E-state index contributed by atoms with van der Waals surface area (Å²) < 4.78 is 34.1. The largest absolute Gasteiger partial charge is 0.355 e. The Labute approximate surface area is 213 Å². The first-order chi connectivity index (χ1) is 17.1. The zero-order chi connectivity index (χ0) is 25.9. The molecular weight excluding hydrogens is 474 g/mol. The van der Waals surface area contributed by atoms with E-state index in [2.05, 4.69) is 10.5 Å². The van der Waals surface area contributed by atoms with E-state index < -0.39 is 15.9 Å². The van der Waals surface area contributed by atoms with Gasteiger partial charge in [-0.15, -0.1) is 0 Å². The summed E-state index contributed by atoms with van der Waals surface area (Å²) in [5, 5.41) is 6.91. The van der Waals surface area contributed by atoms with Crippen LogP contribution in [-0.4, -0.2) is 36.9 Å². The Hall–Kier alpha value is -3.23. The molecule has 2 aromatic carbocycles. The maximum absolute atomic E-state index is 13.7. The van der Waals surface area contributed by atoms with Crippen molar-refractivity contribution in [2.45, 2.75) is 52.0 Å². The second-order valence-electron chi connectivity index (χ2n) is 9.56. The van der Waals surface area contributed by atoms with Crippen LogP contribution in [-0.2, 0) is 21.4 Å². The molecule has 1 atom stereocenters. The Balaban J connectivity index is 1.49. The van der Waals surface area contributed by atoms with Crippen LogP contribution in [0, 0.1) is 33.6 Å². The molecule has 0 radical (unpaired) electrons. The van der Waals surface area contributed by atoms with E-state index in [0.29, 0.717) is 31.6 Å².